The van der Waals surface area contributed by atoms with Crippen LogP contribution in [0.15, 0.2) is 0 Å². The molecule has 25 heavy (non-hydrogen) atoms. The molecule has 0 saturated carbocycles. The van der Waals surface area contributed by atoms with Gasteiger partial charge in [0.25, 0.3) is 0 Å². The fraction of sp³-hybridized carbons (Fsp3) is 0.733. The molecule has 2 atom stereocenters. The maximum atomic E-state index is 12.9. The average molecular weight is 383 g/mol. The van der Waals surface area contributed by atoms with Gasteiger partial charge in [-0.15, -0.1) is 0 Å². The minimum atomic E-state index is -4.66. The summed E-state index contributed by atoms with van der Waals surface area (Å²) in [6, 6.07) is -1.05. The van der Waals surface area contributed by atoms with E-state index < -0.39 is 28.8 Å². The number of carbonyl (C=O) groups excluding carboxylic acids is 1. The molecule has 0 radical (unpaired) electrons. The third-order valence-corrected chi connectivity index (χ3v) is 4.57. The van der Waals surface area contributed by atoms with E-state index in [1.807, 2.05) is 6.92 Å². The molecule has 0 spiro atoms. The van der Waals surface area contributed by atoms with Crippen LogP contribution in [0.25, 0.3) is 0 Å². The first-order valence-electron chi connectivity index (χ1n) is 8.03. The van der Waals surface area contributed by atoms with Crippen LogP contribution >= 0.6 is 11.6 Å². The molecule has 1 N–H and O–H groups in total. The highest BCUT2D eigenvalue weighted by Gasteiger charge is 2.39. The van der Waals surface area contributed by atoms with Crippen molar-refractivity contribution in [2.75, 3.05) is 32.8 Å². The molecule has 1 fully saturated rings. The number of amides is 1. The standard InChI is InChI=1S/C15H22ClF3N4O2/c1-9(8-22-4-6-25-7-5-22)20-14(24)11(3)23-10(2)12(16)13(21-23)15(17,18)19/h9,11H,4-8H2,1-3H3,(H,20,24)/t9-,11+/m0/s1. The third kappa shape index (κ3) is 4.86. The summed E-state index contributed by atoms with van der Waals surface area (Å²) in [6.45, 7) is 8.29. The third-order valence-electron chi connectivity index (χ3n) is 4.12. The Hall–Kier alpha value is -1.32. The summed E-state index contributed by atoms with van der Waals surface area (Å²) >= 11 is 5.73. The number of halogens is 4. The second kappa shape index (κ2) is 7.92. The van der Waals surface area contributed by atoms with Crippen LogP contribution in [-0.2, 0) is 15.7 Å². The van der Waals surface area contributed by atoms with Gasteiger partial charge in [0.2, 0.25) is 5.91 Å². The van der Waals surface area contributed by atoms with Crippen molar-refractivity contribution in [2.45, 2.75) is 39.0 Å². The first-order valence-corrected chi connectivity index (χ1v) is 8.41. The minimum Gasteiger partial charge on any atom is -0.379 e. The zero-order chi connectivity index (χ0) is 18.8. The van der Waals surface area contributed by atoms with Gasteiger partial charge in [-0.25, -0.2) is 0 Å². The molecule has 142 valence electrons. The average Bonchev–Trinajstić information content (AvgIpc) is 2.83. The van der Waals surface area contributed by atoms with Gasteiger partial charge >= 0.3 is 6.18 Å². The van der Waals surface area contributed by atoms with Crippen LogP contribution in [-0.4, -0.2) is 59.5 Å². The van der Waals surface area contributed by atoms with Gasteiger partial charge in [0.1, 0.15) is 6.04 Å². The highest BCUT2D eigenvalue weighted by Crippen LogP contribution is 2.36. The highest BCUT2D eigenvalue weighted by molar-refractivity contribution is 6.32. The largest absolute Gasteiger partial charge is 0.436 e. The molecule has 1 aromatic heterocycles. The lowest BCUT2D eigenvalue weighted by Crippen LogP contribution is -2.47. The van der Waals surface area contributed by atoms with Gasteiger partial charge < -0.3 is 10.1 Å². The van der Waals surface area contributed by atoms with Crippen LogP contribution in [0, 0.1) is 6.92 Å². The number of carbonyl (C=O) groups is 1. The van der Waals surface area contributed by atoms with Crippen LogP contribution in [0.4, 0.5) is 13.2 Å². The summed E-state index contributed by atoms with van der Waals surface area (Å²) in [4.78, 5) is 14.5. The first-order chi connectivity index (χ1) is 11.6. The van der Waals surface area contributed by atoms with Crippen LogP contribution in [0.1, 0.15) is 31.3 Å². The predicted molar refractivity (Wildman–Crippen MR) is 86.6 cm³/mol. The number of rotatable bonds is 5. The van der Waals surface area contributed by atoms with Crippen molar-refractivity contribution < 1.29 is 22.7 Å². The van der Waals surface area contributed by atoms with E-state index in [2.05, 4.69) is 15.3 Å². The van der Waals surface area contributed by atoms with E-state index in [1.165, 1.54) is 13.8 Å². The molecule has 0 unspecified atom stereocenters. The maximum Gasteiger partial charge on any atom is 0.436 e. The summed E-state index contributed by atoms with van der Waals surface area (Å²) in [7, 11) is 0. The molecule has 2 heterocycles. The predicted octanol–water partition coefficient (Wildman–Crippen LogP) is 2.26. The summed E-state index contributed by atoms with van der Waals surface area (Å²) in [5.74, 6) is -0.406. The summed E-state index contributed by atoms with van der Waals surface area (Å²) in [5, 5.41) is 5.83. The number of alkyl halides is 3. The van der Waals surface area contributed by atoms with E-state index in [4.69, 9.17) is 16.3 Å². The van der Waals surface area contributed by atoms with E-state index in [1.54, 1.807) is 0 Å². The highest BCUT2D eigenvalue weighted by atomic mass is 35.5. The number of hydrogen-bond acceptors (Lipinski definition) is 4. The second-order valence-electron chi connectivity index (χ2n) is 6.19. The van der Waals surface area contributed by atoms with E-state index in [-0.39, 0.29) is 11.7 Å². The Morgan fingerprint density at radius 3 is 2.48 bits per heavy atom. The van der Waals surface area contributed by atoms with Crippen LogP contribution in [0.5, 0.6) is 0 Å². The van der Waals surface area contributed by atoms with Gasteiger partial charge in [0.15, 0.2) is 5.69 Å². The van der Waals surface area contributed by atoms with Crippen molar-refractivity contribution in [3.63, 3.8) is 0 Å². The van der Waals surface area contributed by atoms with Crippen LogP contribution in [0.3, 0.4) is 0 Å². The maximum absolute atomic E-state index is 12.9. The van der Waals surface area contributed by atoms with E-state index >= 15 is 0 Å². The Bertz CT molecular complexity index is 615. The molecule has 1 amide bonds. The summed E-state index contributed by atoms with van der Waals surface area (Å²) < 4.78 is 45.0. The monoisotopic (exact) mass is 382 g/mol. The number of hydrogen-bond donors (Lipinski definition) is 1. The Kier molecular flexibility index (Phi) is 6.34. The molecule has 0 bridgehead atoms. The summed E-state index contributed by atoms with van der Waals surface area (Å²) in [5.41, 5.74) is -1.06. The molecule has 1 saturated heterocycles. The smallest absolute Gasteiger partial charge is 0.379 e. The zero-order valence-corrected chi connectivity index (χ0v) is 15.1. The van der Waals surface area contributed by atoms with Gasteiger partial charge in [-0.05, 0) is 20.8 Å². The zero-order valence-electron chi connectivity index (χ0n) is 14.4. The van der Waals surface area contributed by atoms with Gasteiger partial charge in [0, 0.05) is 25.7 Å². The first kappa shape index (κ1) is 20.0. The molecule has 1 aliphatic rings. The molecule has 1 aromatic rings. The second-order valence-corrected chi connectivity index (χ2v) is 6.57. The Labute approximate surface area is 149 Å². The minimum absolute atomic E-state index is 0.109. The van der Waals surface area contributed by atoms with Gasteiger partial charge in [-0.1, -0.05) is 11.6 Å². The number of ether oxygens (including phenoxy) is 1. The molecule has 2 rings (SSSR count). The van der Waals surface area contributed by atoms with Crippen LogP contribution in [0.2, 0.25) is 5.02 Å². The fourth-order valence-corrected chi connectivity index (χ4v) is 2.98. The molecule has 0 aromatic carbocycles. The van der Waals surface area contributed by atoms with Crippen molar-refractivity contribution in [1.29, 1.82) is 0 Å². The van der Waals surface area contributed by atoms with E-state index in [0.717, 1.165) is 17.8 Å². The van der Waals surface area contributed by atoms with Crippen molar-refractivity contribution in [2.24, 2.45) is 0 Å². The molecule has 10 heteroatoms. The number of nitrogens with zero attached hydrogens (tertiary/aromatic N) is 3. The Morgan fingerprint density at radius 2 is 1.96 bits per heavy atom. The quantitative estimate of drug-likeness (QED) is 0.848. The Morgan fingerprint density at radius 1 is 1.36 bits per heavy atom. The van der Waals surface area contributed by atoms with Gasteiger partial charge in [0.05, 0.1) is 23.9 Å². The molecular formula is C15H22ClF3N4O2. The Balaban J connectivity index is 2.02. The fourth-order valence-electron chi connectivity index (χ4n) is 2.75. The van der Waals surface area contributed by atoms with Crippen molar-refractivity contribution in [1.82, 2.24) is 20.0 Å². The normalized spacial score (nSPS) is 18.8. The van der Waals surface area contributed by atoms with Crippen molar-refractivity contribution in [3.05, 3.63) is 16.4 Å². The number of nitrogens with one attached hydrogen (secondary N) is 1. The SMILES string of the molecule is Cc1c(Cl)c(C(F)(F)F)nn1[C@H](C)C(=O)N[C@@H](C)CN1CCOCC1. The van der Waals surface area contributed by atoms with E-state index in [9.17, 15) is 18.0 Å². The van der Waals surface area contributed by atoms with E-state index in [0.29, 0.717) is 19.8 Å². The summed E-state index contributed by atoms with van der Waals surface area (Å²) in [6.07, 6.45) is -4.66. The lowest BCUT2D eigenvalue weighted by molar-refractivity contribution is -0.141. The van der Waals surface area contributed by atoms with Crippen LogP contribution < -0.4 is 5.32 Å². The molecular weight excluding hydrogens is 361 g/mol. The lowest BCUT2D eigenvalue weighted by Gasteiger charge is -2.29. The van der Waals surface area contributed by atoms with Gasteiger partial charge in [-0.3, -0.25) is 14.4 Å². The number of aromatic nitrogens is 2. The van der Waals surface area contributed by atoms with Gasteiger partial charge in [-0.2, -0.15) is 18.3 Å². The topological polar surface area (TPSA) is 59.4 Å². The number of morpholine rings is 1. The molecule has 6 nitrogen and oxygen atoms in total. The molecule has 1 aliphatic heterocycles. The van der Waals surface area contributed by atoms with Crippen molar-refractivity contribution >= 4 is 17.5 Å². The van der Waals surface area contributed by atoms with Crippen molar-refractivity contribution in [3.8, 4) is 0 Å². The lowest BCUT2D eigenvalue weighted by atomic mass is 10.2. The molecule has 0 aliphatic carbocycles.